The normalized spacial score (nSPS) is 15.8. The van der Waals surface area contributed by atoms with E-state index < -0.39 is 12.7 Å². The first-order valence-electron chi connectivity index (χ1n) is 9.36. The number of nitrogens with two attached hydrogens (primary N) is 1. The molecule has 0 unspecified atom stereocenters. The highest BCUT2D eigenvalue weighted by atomic mass is 16.6. The molecule has 0 aromatic heterocycles. The lowest BCUT2D eigenvalue weighted by Gasteiger charge is -2.36. The Labute approximate surface area is 162 Å². The molecule has 0 saturated carbocycles. The van der Waals surface area contributed by atoms with Gasteiger partial charge in [0.2, 0.25) is 0 Å². The summed E-state index contributed by atoms with van der Waals surface area (Å²) in [5.41, 5.74) is 10.4. The molecule has 0 spiro atoms. The lowest BCUT2D eigenvalue weighted by Crippen LogP contribution is -2.49. The van der Waals surface area contributed by atoms with Gasteiger partial charge in [-0.05, 0) is 69.3 Å². The number of benzene rings is 1. The smallest absolute Gasteiger partial charge is 0.444 e. The number of carbonyl (C=O) groups is 1. The molecule has 0 aliphatic carbocycles. The summed E-state index contributed by atoms with van der Waals surface area (Å²) >= 11 is 0. The van der Waals surface area contributed by atoms with E-state index in [-0.39, 0.29) is 6.09 Å². The molecule has 1 heterocycles. The highest BCUT2D eigenvalue weighted by Crippen LogP contribution is 2.25. The SMILES string of the molecule is Cc1c(N)c(C)c(B(O)O)c(C)c1CN1CCN(C(=O)OC(C)(C)C)CC1. The summed E-state index contributed by atoms with van der Waals surface area (Å²) in [5.74, 6) is 0. The number of amides is 1. The van der Waals surface area contributed by atoms with E-state index in [1.807, 2.05) is 41.5 Å². The lowest BCUT2D eigenvalue weighted by molar-refractivity contribution is 0.0138. The molecule has 1 aromatic carbocycles. The Bertz CT molecular complexity index is 708. The summed E-state index contributed by atoms with van der Waals surface area (Å²) in [5, 5.41) is 19.5. The molecule has 1 fully saturated rings. The topological polar surface area (TPSA) is 99.3 Å². The lowest BCUT2D eigenvalue weighted by atomic mass is 9.71. The van der Waals surface area contributed by atoms with Crippen LogP contribution in [0.15, 0.2) is 0 Å². The summed E-state index contributed by atoms with van der Waals surface area (Å²) in [6.07, 6.45) is -0.278. The molecule has 0 atom stereocenters. The molecule has 0 bridgehead atoms. The zero-order valence-electron chi connectivity index (χ0n) is 17.3. The third-order valence-electron chi connectivity index (χ3n) is 5.19. The highest BCUT2D eigenvalue weighted by molar-refractivity contribution is 6.60. The van der Waals surface area contributed by atoms with Crippen LogP contribution in [-0.4, -0.2) is 64.8 Å². The first-order valence-corrected chi connectivity index (χ1v) is 9.36. The van der Waals surface area contributed by atoms with Crippen LogP contribution in [0.1, 0.15) is 43.0 Å². The minimum absolute atomic E-state index is 0.278. The summed E-state index contributed by atoms with van der Waals surface area (Å²) in [4.78, 5) is 16.2. The molecule has 1 aromatic rings. The molecule has 2 rings (SSSR count). The molecule has 1 amide bonds. The van der Waals surface area contributed by atoms with Crippen LogP contribution in [0.2, 0.25) is 0 Å². The average molecular weight is 377 g/mol. The van der Waals surface area contributed by atoms with Crippen molar-refractivity contribution < 1.29 is 19.6 Å². The van der Waals surface area contributed by atoms with Crippen LogP contribution in [0, 0.1) is 20.8 Å². The van der Waals surface area contributed by atoms with Crippen LogP contribution in [0.5, 0.6) is 0 Å². The van der Waals surface area contributed by atoms with Gasteiger partial charge in [-0.3, -0.25) is 4.90 Å². The number of nitrogens with zero attached hydrogens (tertiary/aromatic N) is 2. The zero-order chi connectivity index (χ0) is 20.5. The third kappa shape index (κ3) is 4.94. The first-order chi connectivity index (χ1) is 12.4. The van der Waals surface area contributed by atoms with Gasteiger partial charge < -0.3 is 25.4 Å². The van der Waals surface area contributed by atoms with Gasteiger partial charge >= 0.3 is 13.2 Å². The van der Waals surface area contributed by atoms with Gasteiger partial charge in [0, 0.05) is 38.4 Å². The van der Waals surface area contributed by atoms with Crippen molar-refractivity contribution in [3.8, 4) is 0 Å². The number of rotatable bonds is 3. The fraction of sp³-hybridized carbons (Fsp3) is 0.632. The van der Waals surface area contributed by atoms with Crippen molar-refractivity contribution in [3.05, 3.63) is 22.3 Å². The molecule has 27 heavy (non-hydrogen) atoms. The number of hydrogen-bond acceptors (Lipinski definition) is 6. The van der Waals surface area contributed by atoms with Crippen LogP contribution in [0.25, 0.3) is 0 Å². The van der Waals surface area contributed by atoms with E-state index in [4.69, 9.17) is 10.5 Å². The van der Waals surface area contributed by atoms with Gasteiger partial charge in [-0.15, -0.1) is 0 Å². The van der Waals surface area contributed by atoms with Gasteiger partial charge in [0.25, 0.3) is 0 Å². The van der Waals surface area contributed by atoms with Crippen molar-refractivity contribution in [1.82, 2.24) is 9.80 Å². The summed E-state index contributed by atoms with van der Waals surface area (Å²) in [6.45, 7) is 14.6. The van der Waals surface area contributed by atoms with Crippen molar-refractivity contribution in [3.63, 3.8) is 0 Å². The largest absolute Gasteiger partial charge is 0.489 e. The Hall–Kier alpha value is -1.77. The molecule has 7 nitrogen and oxygen atoms in total. The second-order valence-electron chi connectivity index (χ2n) is 8.30. The van der Waals surface area contributed by atoms with Gasteiger partial charge in [0.05, 0.1) is 0 Å². The van der Waals surface area contributed by atoms with Crippen molar-refractivity contribution in [2.45, 2.75) is 53.7 Å². The molecule has 0 radical (unpaired) electrons. The number of anilines is 1. The summed E-state index contributed by atoms with van der Waals surface area (Å²) in [6, 6.07) is 0. The Kier molecular flexibility index (Phi) is 6.45. The highest BCUT2D eigenvalue weighted by Gasteiger charge is 2.28. The van der Waals surface area contributed by atoms with Crippen LogP contribution in [0.4, 0.5) is 10.5 Å². The van der Waals surface area contributed by atoms with Crippen molar-refractivity contribution in [1.29, 1.82) is 0 Å². The standard InChI is InChI=1S/C19H32BN3O4/c1-12-15(13(2)17(21)14(3)16(12)20(25)26)11-22-7-9-23(10-8-22)18(24)27-19(4,5)6/h25-26H,7-11,21H2,1-6H3. The zero-order valence-corrected chi connectivity index (χ0v) is 17.3. The monoisotopic (exact) mass is 377 g/mol. The number of carbonyl (C=O) groups excluding carboxylic acids is 1. The van der Waals surface area contributed by atoms with Gasteiger partial charge in [-0.25, -0.2) is 4.79 Å². The predicted molar refractivity (Wildman–Crippen MR) is 108 cm³/mol. The summed E-state index contributed by atoms with van der Waals surface area (Å²) < 4.78 is 5.44. The van der Waals surface area contributed by atoms with Gasteiger partial charge in [-0.2, -0.15) is 0 Å². The van der Waals surface area contributed by atoms with Crippen LogP contribution in [-0.2, 0) is 11.3 Å². The fourth-order valence-corrected chi connectivity index (χ4v) is 3.58. The van der Waals surface area contributed by atoms with E-state index in [2.05, 4.69) is 4.90 Å². The van der Waals surface area contributed by atoms with E-state index in [0.717, 1.165) is 35.3 Å². The molecule has 1 saturated heterocycles. The maximum atomic E-state index is 12.2. The molecular weight excluding hydrogens is 345 g/mol. The number of nitrogen functional groups attached to an aromatic ring is 1. The second kappa shape index (κ2) is 8.08. The molecule has 150 valence electrons. The average Bonchev–Trinajstić information content (AvgIpc) is 2.55. The van der Waals surface area contributed by atoms with E-state index in [0.29, 0.717) is 30.8 Å². The molecule has 1 aliphatic heterocycles. The Morgan fingerprint density at radius 2 is 1.63 bits per heavy atom. The molecule has 4 N–H and O–H groups in total. The number of hydrogen-bond donors (Lipinski definition) is 3. The molecule has 8 heteroatoms. The minimum atomic E-state index is -1.55. The van der Waals surface area contributed by atoms with Gasteiger partial charge in [-0.1, -0.05) is 0 Å². The predicted octanol–water partition coefficient (Wildman–Crippen LogP) is 0.927. The fourth-order valence-electron chi connectivity index (χ4n) is 3.58. The summed E-state index contributed by atoms with van der Waals surface area (Å²) in [7, 11) is -1.55. The van der Waals surface area contributed by atoms with Crippen molar-refractivity contribution >= 4 is 24.4 Å². The van der Waals surface area contributed by atoms with E-state index >= 15 is 0 Å². The maximum absolute atomic E-state index is 12.2. The van der Waals surface area contributed by atoms with Crippen molar-refractivity contribution in [2.24, 2.45) is 0 Å². The quantitative estimate of drug-likeness (QED) is 0.535. The second-order valence-corrected chi connectivity index (χ2v) is 8.30. The third-order valence-corrected chi connectivity index (χ3v) is 5.19. The Morgan fingerprint density at radius 3 is 2.11 bits per heavy atom. The van der Waals surface area contributed by atoms with E-state index in [1.165, 1.54) is 0 Å². The maximum Gasteiger partial charge on any atom is 0.489 e. The molecule has 1 aliphatic rings. The first kappa shape index (κ1) is 21.5. The minimum Gasteiger partial charge on any atom is -0.444 e. The van der Waals surface area contributed by atoms with Crippen LogP contribution >= 0.6 is 0 Å². The Balaban J connectivity index is 2.11. The van der Waals surface area contributed by atoms with Crippen LogP contribution < -0.4 is 11.2 Å². The number of piperazine rings is 1. The Morgan fingerprint density at radius 1 is 1.07 bits per heavy atom. The van der Waals surface area contributed by atoms with Crippen LogP contribution in [0.3, 0.4) is 0 Å². The van der Waals surface area contributed by atoms with E-state index in [1.54, 1.807) is 4.90 Å². The number of ether oxygens (including phenoxy) is 1. The van der Waals surface area contributed by atoms with Crippen molar-refractivity contribution in [2.75, 3.05) is 31.9 Å². The van der Waals surface area contributed by atoms with E-state index in [9.17, 15) is 14.8 Å². The van der Waals surface area contributed by atoms with Gasteiger partial charge in [0.15, 0.2) is 0 Å². The van der Waals surface area contributed by atoms with Gasteiger partial charge in [0.1, 0.15) is 5.60 Å². The molecular formula is C19H32BN3O4.